The Morgan fingerprint density at radius 1 is 1.25 bits per heavy atom. The normalized spacial score (nSPS) is 10.8. The fourth-order valence-corrected chi connectivity index (χ4v) is 2.01. The number of nitrogens with zero attached hydrogens (tertiary/aromatic N) is 5. The molecular formula is C12H12N8. The summed E-state index contributed by atoms with van der Waals surface area (Å²) in [5.41, 5.74) is 13.7. The molecule has 20 heavy (non-hydrogen) atoms. The van der Waals surface area contributed by atoms with E-state index in [1.165, 1.54) is 6.33 Å². The number of fused-ring (bicyclic) bond motifs is 1. The Balaban J connectivity index is 2.06. The molecule has 0 aromatic carbocycles. The molecular weight excluding hydrogens is 256 g/mol. The molecule has 0 bridgehead atoms. The first-order chi connectivity index (χ1) is 9.66. The van der Waals surface area contributed by atoms with Gasteiger partial charge in [0.25, 0.3) is 0 Å². The SMILES string of the molecule is N=C(N)c1ncccc1Cn1cnc2c(N)ncnc21. The number of nitrogens with one attached hydrogen (secondary N) is 1. The van der Waals surface area contributed by atoms with Crippen LogP contribution in [0.3, 0.4) is 0 Å². The zero-order valence-electron chi connectivity index (χ0n) is 10.5. The third-order valence-electron chi connectivity index (χ3n) is 2.92. The molecule has 0 saturated heterocycles. The first kappa shape index (κ1) is 12.0. The Kier molecular flexibility index (Phi) is 2.75. The van der Waals surface area contributed by atoms with Gasteiger partial charge in [0.2, 0.25) is 0 Å². The molecule has 3 aromatic heterocycles. The summed E-state index contributed by atoms with van der Waals surface area (Å²) in [6, 6.07) is 3.66. The second-order valence-electron chi connectivity index (χ2n) is 4.23. The Bertz CT molecular complexity index is 791. The average molecular weight is 268 g/mol. The van der Waals surface area contributed by atoms with Crippen molar-refractivity contribution in [2.45, 2.75) is 6.54 Å². The van der Waals surface area contributed by atoms with Crippen LogP contribution in [0, 0.1) is 5.41 Å². The minimum atomic E-state index is -0.0702. The zero-order chi connectivity index (χ0) is 14.1. The number of rotatable bonds is 3. The lowest BCUT2D eigenvalue weighted by Gasteiger charge is -2.08. The number of hydrogen-bond acceptors (Lipinski definition) is 6. The van der Waals surface area contributed by atoms with E-state index in [1.807, 2.05) is 10.6 Å². The van der Waals surface area contributed by atoms with E-state index >= 15 is 0 Å². The monoisotopic (exact) mass is 268 g/mol. The number of pyridine rings is 1. The minimum absolute atomic E-state index is 0.0702. The molecule has 0 aliphatic rings. The van der Waals surface area contributed by atoms with Crippen molar-refractivity contribution >= 4 is 22.8 Å². The third-order valence-corrected chi connectivity index (χ3v) is 2.92. The maximum absolute atomic E-state index is 7.55. The summed E-state index contributed by atoms with van der Waals surface area (Å²) >= 11 is 0. The van der Waals surface area contributed by atoms with E-state index in [-0.39, 0.29) is 5.84 Å². The number of anilines is 1. The van der Waals surface area contributed by atoms with Crippen molar-refractivity contribution in [3.8, 4) is 0 Å². The van der Waals surface area contributed by atoms with Gasteiger partial charge in [-0.1, -0.05) is 6.07 Å². The van der Waals surface area contributed by atoms with Gasteiger partial charge in [0.05, 0.1) is 12.9 Å². The summed E-state index contributed by atoms with van der Waals surface area (Å²) in [5, 5.41) is 7.55. The number of imidazole rings is 1. The van der Waals surface area contributed by atoms with Crippen molar-refractivity contribution in [1.82, 2.24) is 24.5 Å². The van der Waals surface area contributed by atoms with E-state index < -0.39 is 0 Å². The largest absolute Gasteiger partial charge is 0.382 e. The Labute approximate surface area is 114 Å². The van der Waals surface area contributed by atoms with Gasteiger partial charge in [0.1, 0.15) is 23.4 Å². The smallest absolute Gasteiger partial charge is 0.165 e. The van der Waals surface area contributed by atoms with Crippen molar-refractivity contribution in [3.05, 3.63) is 42.2 Å². The van der Waals surface area contributed by atoms with Crippen LogP contribution in [-0.2, 0) is 6.54 Å². The van der Waals surface area contributed by atoms with Crippen molar-refractivity contribution in [2.75, 3.05) is 5.73 Å². The molecule has 0 atom stereocenters. The molecule has 100 valence electrons. The maximum atomic E-state index is 7.55. The van der Waals surface area contributed by atoms with Gasteiger partial charge >= 0.3 is 0 Å². The highest BCUT2D eigenvalue weighted by Crippen LogP contribution is 2.16. The molecule has 0 saturated carbocycles. The number of aromatic nitrogens is 5. The summed E-state index contributed by atoms with van der Waals surface area (Å²) in [5.74, 6) is 0.269. The number of nitrogens with two attached hydrogens (primary N) is 2. The van der Waals surface area contributed by atoms with Gasteiger partial charge in [-0.15, -0.1) is 0 Å². The fourth-order valence-electron chi connectivity index (χ4n) is 2.01. The second kappa shape index (κ2) is 4.57. The summed E-state index contributed by atoms with van der Waals surface area (Å²) in [6.07, 6.45) is 4.63. The Morgan fingerprint density at radius 2 is 2.10 bits per heavy atom. The molecule has 0 spiro atoms. The molecule has 8 heteroatoms. The van der Waals surface area contributed by atoms with E-state index in [1.54, 1.807) is 18.6 Å². The molecule has 0 fully saturated rings. The van der Waals surface area contributed by atoms with E-state index in [0.717, 1.165) is 5.56 Å². The van der Waals surface area contributed by atoms with Gasteiger partial charge in [-0.3, -0.25) is 10.4 Å². The molecule has 5 N–H and O–H groups in total. The van der Waals surface area contributed by atoms with E-state index in [2.05, 4.69) is 19.9 Å². The van der Waals surface area contributed by atoms with Crippen LogP contribution in [-0.4, -0.2) is 30.3 Å². The van der Waals surface area contributed by atoms with Crippen LogP contribution in [0.25, 0.3) is 11.2 Å². The third kappa shape index (κ3) is 1.92. The van der Waals surface area contributed by atoms with Crippen LogP contribution < -0.4 is 11.5 Å². The minimum Gasteiger partial charge on any atom is -0.382 e. The maximum Gasteiger partial charge on any atom is 0.165 e. The molecule has 0 amide bonds. The van der Waals surface area contributed by atoms with E-state index in [0.29, 0.717) is 29.2 Å². The van der Waals surface area contributed by atoms with Crippen LogP contribution in [0.4, 0.5) is 5.82 Å². The predicted octanol–water partition coefficient (Wildman–Crippen LogP) is 0.136. The van der Waals surface area contributed by atoms with Crippen LogP contribution in [0.2, 0.25) is 0 Å². The van der Waals surface area contributed by atoms with Crippen molar-refractivity contribution in [3.63, 3.8) is 0 Å². The molecule has 3 rings (SSSR count). The summed E-state index contributed by atoms with van der Waals surface area (Å²) in [4.78, 5) is 16.4. The highest BCUT2D eigenvalue weighted by atomic mass is 15.1. The molecule has 8 nitrogen and oxygen atoms in total. The lowest BCUT2D eigenvalue weighted by molar-refractivity contribution is 0.806. The predicted molar refractivity (Wildman–Crippen MR) is 74.1 cm³/mol. The highest BCUT2D eigenvalue weighted by molar-refractivity contribution is 5.94. The van der Waals surface area contributed by atoms with Crippen LogP contribution in [0.5, 0.6) is 0 Å². The lowest BCUT2D eigenvalue weighted by atomic mass is 10.2. The van der Waals surface area contributed by atoms with Crippen LogP contribution >= 0.6 is 0 Å². The Hall–Kier alpha value is -3.03. The topological polar surface area (TPSA) is 132 Å². The zero-order valence-corrected chi connectivity index (χ0v) is 10.5. The van der Waals surface area contributed by atoms with Gasteiger partial charge in [-0.2, -0.15) is 0 Å². The van der Waals surface area contributed by atoms with Gasteiger partial charge in [-0.25, -0.2) is 15.0 Å². The highest BCUT2D eigenvalue weighted by Gasteiger charge is 2.11. The quantitative estimate of drug-likeness (QED) is 0.457. The molecule has 0 unspecified atom stereocenters. The number of hydrogen-bond donors (Lipinski definition) is 3. The van der Waals surface area contributed by atoms with E-state index in [4.69, 9.17) is 16.9 Å². The van der Waals surface area contributed by atoms with Crippen LogP contribution in [0.15, 0.2) is 31.0 Å². The Morgan fingerprint density at radius 3 is 2.90 bits per heavy atom. The fraction of sp³-hybridized carbons (Fsp3) is 0.0833. The van der Waals surface area contributed by atoms with E-state index in [9.17, 15) is 0 Å². The molecule has 0 aliphatic heterocycles. The van der Waals surface area contributed by atoms with Gasteiger partial charge < -0.3 is 16.0 Å². The first-order valence-electron chi connectivity index (χ1n) is 5.86. The second-order valence-corrected chi connectivity index (χ2v) is 4.23. The molecule has 0 aliphatic carbocycles. The lowest BCUT2D eigenvalue weighted by Crippen LogP contribution is -2.17. The van der Waals surface area contributed by atoms with Crippen molar-refractivity contribution in [2.24, 2.45) is 5.73 Å². The summed E-state index contributed by atoms with van der Waals surface area (Å²) in [7, 11) is 0. The van der Waals surface area contributed by atoms with Crippen LogP contribution in [0.1, 0.15) is 11.3 Å². The van der Waals surface area contributed by atoms with Crippen molar-refractivity contribution < 1.29 is 0 Å². The molecule has 3 heterocycles. The van der Waals surface area contributed by atoms with Gasteiger partial charge in [0.15, 0.2) is 11.5 Å². The standard InChI is InChI=1S/C12H12N8/c13-10(14)8-7(2-1-3-16-8)4-20-6-19-9-11(15)17-5-18-12(9)20/h1-3,5-6H,4H2,(H3,13,14)(H2,15,17,18). The van der Waals surface area contributed by atoms with Gasteiger partial charge in [-0.05, 0) is 6.07 Å². The average Bonchev–Trinajstić information content (AvgIpc) is 2.84. The molecule has 0 radical (unpaired) electrons. The first-order valence-corrected chi connectivity index (χ1v) is 5.86. The number of amidine groups is 1. The molecule has 3 aromatic rings. The van der Waals surface area contributed by atoms with Gasteiger partial charge in [0, 0.05) is 11.8 Å². The van der Waals surface area contributed by atoms with Crippen molar-refractivity contribution in [1.29, 1.82) is 5.41 Å². The number of nitrogen functional groups attached to an aromatic ring is 2. The summed E-state index contributed by atoms with van der Waals surface area (Å²) < 4.78 is 1.82. The summed E-state index contributed by atoms with van der Waals surface area (Å²) in [6.45, 7) is 0.454.